The molecule has 0 spiro atoms. The van der Waals surface area contributed by atoms with E-state index in [1.165, 1.54) is 0 Å². The SMILES string of the molecule is Nc1cc(CC(F)(F)F)ccc1CC(F)(F)F. The van der Waals surface area contributed by atoms with Gasteiger partial charge in [0.25, 0.3) is 0 Å². The van der Waals surface area contributed by atoms with Crippen LogP contribution in [0.5, 0.6) is 0 Å². The standard InChI is InChI=1S/C10H9F6N/c11-9(12,13)4-6-1-2-7(8(17)3-6)5-10(14,15)16/h1-3H,4-5,17H2. The molecule has 0 aliphatic carbocycles. The van der Waals surface area contributed by atoms with Gasteiger partial charge in [-0.05, 0) is 17.2 Å². The van der Waals surface area contributed by atoms with Crippen LogP contribution in [0.1, 0.15) is 11.1 Å². The van der Waals surface area contributed by atoms with E-state index in [1.54, 1.807) is 0 Å². The topological polar surface area (TPSA) is 26.0 Å². The van der Waals surface area contributed by atoms with Crippen molar-refractivity contribution in [3.63, 3.8) is 0 Å². The van der Waals surface area contributed by atoms with Gasteiger partial charge in [0.15, 0.2) is 0 Å². The van der Waals surface area contributed by atoms with E-state index in [9.17, 15) is 26.3 Å². The first-order valence-electron chi connectivity index (χ1n) is 4.57. The lowest BCUT2D eigenvalue weighted by Gasteiger charge is -2.11. The van der Waals surface area contributed by atoms with Crippen LogP contribution in [-0.4, -0.2) is 12.4 Å². The van der Waals surface area contributed by atoms with Crippen molar-refractivity contribution in [2.75, 3.05) is 5.73 Å². The minimum atomic E-state index is -4.43. The Morgan fingerprint density at radius 3 is 1.82 bits per heavy atom. The molecule has 0 saturated carbocycles. The third-order valence-electron chi connectivity index (χ3n) is 2.01. The molecule has 0 radical (unpaired) electrons. The zero-order chi connectivity index (χ0) is 13.3. The van der Waals surface area contributed by atoms with Gasteiger partial charge in [0, 0.05) is 5.69 Å². The van der Waals surface area contributed by atoms with E-state index in [2.05, 4.69) is 0 Å². The van der Waals surface area contributed by atoms with Gasteiger partial charge in [-0.25, -0.2) is 0 Å². The van der Waals surface area contributed by atoms with E-state index >= 15 is 0 Å². The van der Waals surface area contributed by atoms with Crippen molar-refractivity contribution >= 4 is 5.69 Å². The molecule has 96 valence electrons. The average Bonchev–Trinajstić information content (AvgIpc) is 2.05. The second kappa shape index (κ2) is 4.46. The smallest absolute Gasteiger partial charge is 0.393 e. The highest BCUT2D eigenvalue weighted by Crippen LogP contribution is 2.27. The van der Waals surface area contributed by atoms with E-state index in [0.29, 0.717) is 0 Å². The molecule has 0 saturated heterocycles. The highest BCUT2D eigenvalue weighted by molar-refractivity contribution is 5.49. The Morgan fingerprint density at radius 2 is 1.41 bits per heavy atom. The summed E-state index contributed by atoms with van der Waals surface area (Å²) in [6.45, 7) is 0. The predicted molar refractivity (Wildman–Crippen MR) is 50.4 cm³/mol. The Morgan fingerprint density at radius 1 is 0.882 bits per heavy atom. The summed E-state index contributed by atoms with van der Waals surface area (Å²) in [5.41, 5.74) is 4.64. The van der Waals surface area contributed by atoms with Gasteiger partial charge < -0.3 is 5.73 Å². The summed E-state index contributed by atoms with van der Waals surface area (Å²) in [5, 5.41) is 0. The first-order valence-corrected chi connectivity index (χ1v) is 4.57. The van der Waals surface area contributed by atoms with Crippen molar-refractivity contribution in [2.45, 2.75) is 25.2 Å². The average molecular weight is 257 g/mol. The molecule has 0 aromatic heterocycles. The van der Waals surface area contributed by atoms with Crippen LogP contribution in [0.4, 0.5) is 32.0 Å². The second-order valence-corrected chi connectivity index (χ2v) is 3.62. The highest BCUT2D eigenvalue weighted by Gasteiger charge is 2.30. The Kier molecular flexibility index (Phi) is 3.59. The van der Waals surface area contributed by atoms with Crippen molar-refractivity contribution in [1.29, 1.82) is 0 Å². The van der Waals surface area contributed by atoms with Crippen LogP contribution < -0.4 is 5.73 Å². The van der Waals surface area contributed by atoms with Crippen molar-refractivity contribution < 1.29 is 26.3 Å². The molecule has 1 nitrogen and oxygen atoms in total. The zero-order valence-corrected chi connectivity index (χ0v) is 8.49. The molecule has 1 aromatic carbocycles. The maximum atomic E-state index is 12.1. The molecule has 1 rings (SSSR count). The number of rotatable bonds is 2. The van der Waals surface area contributed by atoms with Crippen LogP contribution >= 0.6 is 0 Å². The quantitative estimate of drug-likeness (QED) is 0.637. The van der Waals surface area contributed by atoms with Crippen molar-refractivity contribution in [2.24, 2.45) is 0 Å². The molecular weight excluding hydrogens is 248 g/mol. The van der Waals surface area contributed by atoms with Gasteiger partial charge in [-0.2, -0.15) is 26.3 Å². The molecule has 0 atom stereocenters. The van der Waals surface area contributed by atoms with Crippen LogP contribution in [0.3, 0.4) is 0 Å². The van der Waals surface area contributed by atoms with Crippen LogP contribution in [0, 0.1) is 0 Å². The lowest BCUT2D eigenvalue weighted by molar-refractivity contribution is -0.128. The van der Waals surface area contributed by atoms with E-state index in [-0.39, 0.29) is 16.8 Å². The fourth-order valence-electron chi connectivity index (χ4n) is 1.36. The van der Waals surface area contributed by atoms with Crippen LogP contribution in [0.2, 0.25) is 0 Å². The fourth-order valence-corrected chi connectivity index (χ4v) is 1.36. The van der Waals surface area contributed by atoms with Gasteiger partial charge in [0.2, 0.25) is 0 Å². The van der Waals surface area contributed by atoms with Gasteiger partial charge in [-0.3, -0.25) is 0 Å². The van der Waals surface area contributed by atoms with Crippen molar-refractivity contribution in [1.82, 2.24) is 0 Å². The largest absolute Gasteiger partial charge is 0.398 e. The molecule has 2 N–H and O–H groups in total. The third-order valence-corrected chi connectivity index (χ3v) is 2.01. The number of nitrogen functional groups attached to an aromatic ring is 1. The normalized spacial score (nSPS) is 12.8. The molecular formula is C10H9F6N. The molecule has 0 heterocycles. The minimum Gasteiger partial charge on any atom is -0.398 e. The Hall–Kier alpha value is -1.40. The number of hydrogen-bond acceptors (Lipinski definition) is 1. The first-order chi connectivity index (χ1) is 7.57. The van der Waals surface area contributed by atoms with E-state index in [0.717, 1.165) is 18.2 Å². The maximum absolute atomic E-state index is 12.1. The summed E-state index contributed by atoms with van der Waals surface area (Å²) in [7, 11) is 0. The molecule has 0 amide bonds. The lowest BCUT2D eigenvalue weighted by Crippen LogP contribution is -2.14. The third kappa shape index (κ3) is 4.97. The molecule has 7 heteroatoms. The lowest BCUT2D eigenvalue weighted by atomic mass is 10.0. The molecule has 17 heavy (non-hydrogen) atoms. The number of benzene rings is 1. The predicted octanol–water partition coefficient (Wildman–Crippen LogP) is 3.48. The molecule has 0 fully saturated rings. The molecule has 0 bridgehead atoms. The minimum absolute atomic E-state index is 0.152. The molecule has 0 aliphatic rings. The summed E-state index contributed by atoms with van der Waals surface area (Å²) >= 11 is 0. The van der Waals surface area contributed by atoms with Gasteiger partial charge in [0.1, 0.15) is 0 Å². The summed E-state index contributed by atoms with van der Waals surface area (Å²) in [6, 6.07) is 2.91. The van der Waals surface area contributed by atoms with E-state index in [1.807, 2.05) is 0 Å². The van der Waals surface area contributed by atoms with Crippen LogP contribution in [0.25, 0.3) is 0 Å². The van der Waals surface area contributed by atoms with Crippen LogP contribution in [-0.2, 0) is 12.8 Å². The highest BCUT2D eigenvalue weighted by atomic mass is 19.4. The Balaban J connectivity index is 2.87. The fraction of sp³-hybridized carbons (Fsp3) is 0.400. The maximum Gasteiger partial charge on any atom is 0.393 e. The number of hydrogen-bond donors (Lipinski definition) is 1. The summed E-state index contributed by atoms with van der Waals surface area (Å²) < 4.78 is 72.2. The van der Waals surface area contributed by atoms with Crippen molar-refractivity contribution in [3.8, 4) is 0 Å². The molecule has 1 aromatic rings. The summed E-state index contributed by atoms with van der Waals surface area (Å²) in [5.74, 6) is 0. The second-order valence-electron chi connectivity index (χ2n) is 3.62. The molecule has 0 aliphatic heterocycles. The number of anilines is 1. The number of alkyl halides is 6. The Bertz CT molecular complexity index is 393. The first kappa shape index (κ1) is 13.7. The summed E-state index contributed by atoms with van der Waals surface area (Å²) in [6.07, 6.45) is -11.3. The van der Waals surface area contributed by atoms with E-state index in [4.69, 9.17) is 5.73 Å². The number of nitrogens with two attached hydrogens (primary N) is 1. The molecule has 0 unspecified atom stereocenters. The van der Waals surface area contributed by atoms with Crippen molar-refractivity contribution in [3.05, 3.63) is 29.3 Å². The zero-order valence-electron chi connectivity index (χ0n) is 8.49. The van der Waals surface area contributed by atoms with E-state index < -0.39 is 25.2 Å². The van der Waals surface area contributed by atoms with Gasteiger partial charge in [0.05, 0.1) is 12.8 Å². The summed E-state index contributed by atoms with van der Waals surface area (Å²) in [4.78, 5) is 0. The van der Waals surface area contributed by atoms with Gasteiger partial charge in [-0.15, -0.1) is 0 Å². The Labute approximate surface area is 93.2 Å². The monoisotopic (exact) mass is 257 g/mol. The van der Waals surface area contributed by atoms with Gasteiger partial charge >= 0.3 is 12.4 Å². The van der Waals surface area contributed by atoms with Gasteiger partial charge in [-0.1, -0.05) is 12.1 Å². The van der Waals surface area contributed by atoms with Crippen LogP contribution in [0.15, 0.2) is 18.2 Å². The number of halogens is 6.